The number of carbonyl (C=O) groups excluding carboxylic acids is 1. The maximum Gasteiger partial charge on any atom is 0.265 e. The summed E-state index contributed by atoms with van der Waals surface area (Å²) in [4.78, 5) is 16.6. The van der Waals surface area contributed by atoms with E-state index in [0.717, 1.165) is 18.7 Å². The Morgan fingerprint density at radius 1 is 1.55 bits per heavy atom. The van der Waals surface area contributed by atoms with E-state index in [1.165, 1.54) is 11.3 Å². The van der Waals surface area contributed by atoms with Crippen molar-refractivity contribution in [3.8, 4) is 0 Å². The van der Waals surface area contributed by atoms with E-state index >= 15 is 0 Å². The van der Waals surface area contributed by atoms with Crippen molar-refractivity contribution in [1.82, 2.24) is 20.1 Å². The van der Waals surface area contributed by atoms with Gasteiger partial charge in [-0.2, -0.15) is 5.10 Å². The predicted octanol–water partition coefficient (Wildman–Crippen LogP) is 1.21. The number of rotatable bonds is 6. The van der Waals surface area contributed by atoms with Crippen LogP contribution in [0.25, 0.3) is 0 Å². The molecule has 7 nitrogen and oxygen atoms in total. The van der Waals surface area contributed by atoms with Crippen LogP contribution in [0.2, 0.25) is 0 Å². The predicted molar refractivity (Wildman–Crippen MR) is 79.7 cm³/mol. The second-order valence-corrected chi connectivity index (χ2v) is 5.32. The topological polar surface area (TPSA) is 97.9 Å². The van der Waals surface area contributed by atoms with Crippen molar-refractivity contribution in [3.05, 3.63) is 22.8 Å². The third-order valence-corrected chi connectivity index (χ3v) is 3.61. The Balaban J connectivity index is 1.96. The molecule has 0 fully saturated rings. The summed E-state index contributed by atoms with van der Waals surface area (Å²) in [6.45, 7) is 3.24. The molecule has 0 unspecified atom stereocenters. The van der Waals surface area contributed by atoms with Gasteiger partial charge in [0.05, 0.1) is 12.2 Å². The van der Waals surface area contributed by atoms with Crippen molar-refractivity contribution in [2.24, 2.45) is 7.05 Å². The van der Waals surface area contributed by atoms with Crippen LogP contribution in [0.3, 0.4) is 0 Å². The SMILES string of the molecule is CCCNc1nc(N)c(C(=O)NCc2ccn(C)n2)s1. The average molecular weight is 294 g/mol. The smallest absolute Gasteiger partial charge is 0.265 e. The standard InChI is InChI=1S/C12H18N6OS/c1-3-5-14-12-16-10(13)9(20-12)11(19)15-7-8-4-6-18(2)17-8/h4,6H,3,5,7,13H2,1-2H3,(H,14,16)(H,15,19). The number of amides is 1. The molecule has 0 saturated heterocycles. The Morgan fingerprint density at radius 3 is 3.00 bits per heavy atom. The second-order valence-electron chi connectivity index (χ2n) is 4.32. The number of anilines is 2. The zero-order valence-corrected chi connectivity index (χ0v) is 12.3. The zero-order valence-electron chi connectivity index (χ0n) is 11.5. The van der Waals surface area contributed by atoms with Crippen LogP contribution in [0, 0.1) is 0 Å². The molecule has 0 radical (unpaired) electrons. The molecule has 8 heteroatoms. The minimum Gasteiger partial charge on any atom is -0.382 e. The first-order valence-electron chi connectivity index (χ1n) is 6.37. The van der Waals surface area contributed by atoms with Crippen LogP contribution < -0.4 is 16.4 Å². The molecule has 0 saturated carbocycles. The third kappa shape index (κ3) is 3.47. The summed E-state index contributed by atoms with van der Waals surface area (Å²) in [5.74, 6) is 0.0299. The maximum atomic E-state index is 12.0. The van der Waals surface area contributed by atoms with Crippen molar-refractivity contribution in [3.63, 3.8) is 0 Å². The number of nitrogen functional groups attached to an aromatic ring is 1. The molecule has 2 aromatic heterocycles. The Labute approximate surface area is 121 Å². The molecule has 2 aromatic rings. The monoisotopic (exact) mass is 294 g/mol. The number of nitrogens with two attached hydrogens (primary N) is 1. The van der Waals surface area contributed by atoms with Gasteiger partial charge >= 0.3 is 0 Å². The van der Waals surface area contributed by atoms with Crippen molar-refractivity contribution in [2.45, 2.75) is 19.9 Å². The summed E-state index contributed by atoms with van der Waals surface area (Å²) in [5, 5.41) is 10.8. The fraction of sp³-hybridized carbons (Fsp3) is 0.417. The van der Waals surface area contributed by atoms with Gasteiger partial charge in [0.25, 0.3) is 5.91 Å². The minimum atomic E-state index is -0.227. The highest BCUT2D eigenvalue weighted by atomic mass is 32.1. The van der Waals surface area contributed by atoms with Crippen LogP contribution in [0.5, 0.6) is 0 Å². The summed E-state index contributed by atoms with van der Waals surface area (Å²) >= 11 is 1.26. The summed E-state index contributed by atoms with van der Waals surface area (Å²) < 4.78 is 1.69. The van der Waals surface area contributed by atoms with Gasteiger partial charge < -0.3 is 16.4 Å². The highest BCUT2D eigenvalue weighted by molar-refractivity contribution is 7.18. The van der Waals surface area contributed by atoms with Crippen molar-refractivity contribution in [2.75, 3.05) is 17.6 Å². The number of aromatic nitrogens is 3. The second kappa shape index (κ2) is 6.38. The molecule has 0 bridgehead atoms. The Hall–Kier alpha value is -2.09. The first-order chi connectivity index (χ1) is 9.60. The van der Waals surface area contributed by atoms with Gasteiger partial charge in [-0.25, -0.2) is 4.98 Å². The van der Waals surface area contributed by atoms with Gasteiger partial charge in [-0.15, -0.1) is 0 Å². The Morgan fingerprint density at radius 2 is 2.35 bits per heavy atom. The molecule has 2 rings (SSSR count). The molecule has 20 heavy (non-hydrogen) atoms. The molecule has 108 valence electrons. The lowest BCUT2D eigenvalue weighted by molar-refractivity contribution is 0.0955. The molecule has 0 aliphatic carbocycles. The van der Waals surface area contributed by atoms with Crippen molar-refractivity contribution in [1.29, 1.82) is 0 Å². The molecule has 1 amide bonds. The number of hydrogen-bond acceptors (Lipinski definition) is 6. The quantitative estimate of drug-likeness (QED) is 0.744. The minimum absolute atomic E-state index is 0.227. The van der Waals surface area contributed by atoms with Crippen LogP contribution >= 0.6 is 11.3 Å². The molecule has 0 aliphatic heterocycles. The van der Waals surface area contributed by atoms with Gasteiger partial charge in [-0.3, -0.25) is 9.48 Å². The molecule has 0 atom stereocenters. The van der Waals surface area contributed by atoms with Gasteiger partial charge in [0.1, 0.15) is 10.7 Å². The van der Waals surface area contributed by atoms with E-state index in [1.807, 2.05) is 19.3 Å². The van der Waals surface area contributed by atoms with E-state index in [9.17, 15) is 4.79 Å². The molecule has 4 N–H and O–H groups in total. The van der Waals surface area contributed by atoms with Crippen molar-refractivity contribution >= 4 is 28.2 Å². The third-order valence-electron chi connectivity index (χ3n) is 2.58. The normalized spacial score (nSPS) is 10.5. The number of hydrogen-bond donors (Lipinski definition) is 3. The zero-order chi connectivity index (χ0) is 14.5. The van der Waals surface area contributed by atoms with Gasteiger partial charge in [-0.05, 0) is 12.5 Å². The molecule has 0 aromatic carbocycles. The van der Waals surface area contributed by atoms with Crippen LogP contribution in [-0.4, -0.2) is 27.2 Å². The lowest BCUT2D eigenvalue weighted by Crippen LogP contribution is -2.23. The molecular formula is C12H18N6OS. The van der Waals surface area contributed by atoms with Gasteiger partial charge in [0, 0.05) is 19.8 Å². The van der Waals surface area contributed by atoms with E-state index in [-0.39, 0.29) is 11.7 Å². The Kier molecular flexibility index (Phi) is 4.57. The first kappa shape index (κ1) is 14.3. The first-order valence-corrected chi connectivity index (χ1v) is 7.18. The van der Waals surface area contributed by atoms with Gasteiger partial charge in [0.15, 0.2) is 5.13 Å². The van der Waals surface area contributed by atoms with E-state index < -0.39 is 0 Å². The number of aryl methyl sites for hydroxylation is 1. The van der Waals surface area contributed by atoms with E-state index in [0.29, 0.717) is 16.6 Å². The molecule has 0 aliphatic rings. The van der Waals surface area contributed by atoms with Crippen LogP contribution in [0.4, 0.5) is 10.9 Å². The molecule has 0 spiro atoms. The van der Waals surface area contributed by atoms with Gasteiger partial charge in [-0.1, -0.05) is 18.3 Å². The van der Waals surface area contributed by atoms with Gasteiger partial charge in [0.2, 0.25) is 0 Å². The molecule has 2 heterocycles. The summed E-state index contributed by atoms with van der Waals surface area (Å²) in [6, 6.07) is 1.85. The number of carbonyl (C=O) groups is 1. The van der Waals surface area contributed by atoms with Crippen molar-refractivity contribution < 1.29 is 4.79 Å². The number of nitrogens with one attached hydrogen (secondary N) is 2. The lowest BCUT2D eigenvalue weighted by atomic mass is 10.4. The highest BCUT2D eigenvalue weighted by Gasteiger charge is 2.16. The van der Waals surface area contributed by atoms with Crippen LogP contribution in [-0.2, 0) is 13.6 Å². The van der Waals surface area contributed by atoms with E-state index in [2.05, 4.69) is 27.6 Å². The maximum absolute atomic E-state index is 12.0. The lowest BCUT2D eigenvalue weighted by Gasteiger charge is -2.01. The van der Waals surface area contributed by atoms with E-state index in [1.54, 1.807) is 4.68 Å². The fourth-order valence-corrected chi connectivity index (χ4v) is 2.44. The summed E-state index contributed by atoms with van der Waals surface area (Å²) in [7, 11) is 1.83. The molecular weight excluding hydrogens is 276 g/mol. The fourth-order valence-electron chi connectivity index (χ4n) is 1.61. The largest absolute Gasteiger partial charge is 0.382 e. The summed E-state index contributed by atoms with van der Waals surface area (Å²) in [5.41, 5.74) is 6.57. The van der Waals surface area contributed by atoms with E-state index in [4.69, 9.17) is 5.73 Å². The van der Waals surface area contributed by atoms with Crippen LogP contribution in [0.1, 0.15) is 28.7 Å². The summed E-state index contributed by atoms with van der Waals surface area (Å²) in [6.07, 6.45) is 2.82. The average Bonchev–Trinajstić information content (AvgIpc) is 3.00. The number of nitrogens with zero attached hydrogens (tertiary/aromatic N) is 3. The van der Waals surface area contributed by atoms with Crippen LogP contribution in [0.15, 0.2) is 12.3 Å². The Bertz CT molecular complexity index is 591. The number of thiazole rings is 1. The highest BCUT2D eigenvalue weighted by Crippen LogP contribution is 2.24.